The van der Waals surface area contributed by atoms with Crippen molar-refractivity contribution in [3.63, 3.8) is 0 Å². The van der Waals surface area contributed by atoms with E-state index in [0.717, 1.165) is 11.0 Å². The van der Waals surface area contributed by atoms with E-state index >= 15 is 0 Å². The summed E-state index contributed by atoms with van der Waals surface area (Å²) in [5, 5.41) is 14.5. The summed E-state index contributed by atoms with van der Waals surface area (Å²) < 4.78 is 1.93. The van der Waals surface area contributed by atoms with Crippen LogP contribution in [0, 0.1) is 16.0 Å². The van der Waals surface area contributed by atoms with Crippen molar-refractivity contribution in [3.05, 3.63) is 70.5 Å². The van der Waals surface area contributed by atoms with E-state index in [1.54, 1.807) is 18.5 Å². The van der Waals surface area contributed by atoms with Crippen molar-refractivity contribution in [2.24, 2.45) is 11.0 Å². The zero-order valence-electron chi connectivity index (χ0n) is 14.1. The molecule has 2 aromatic carbocycles. The van der Waals surface area contributed by atoms with Crippen molar-refractivity contribution in [1.29, 1.82) is 0 Å². The summed E-state index contributed by atoms with van der Waals surface area (Å²) in [4.78, 5) is 26.6. The molecule has 3 aromatic rings. The number of nitro benzene ring substituents is 1. The van der Waals surface area contributed by atoms with E-state index in [4.69, 9.17) is 0 Å². The summed E-state index contributed by atoms with van der Waals surface area (Å²) in [6.45, 7) is 2.30. The lowest BCUT2D eigenvalue weighted by Crippen LogP contribution is -2.27. The second kappa shape index (κ2) is 7.56. The Morgan fingerprint density at radius 1 is 1.31 bits per heavy atom. The number of nitrogens with zero attached hydrogens (tertiary/aromatic N) is 4. The fourth-order valence-electron chi connectivity index (χ4n) is 2.50. The SMILES string of the molecule is C[C@@H](Cn1cnc2ccccc21)C(=O)N/N=C/c1ccc([N+](=O)[O-])cc1. The summed E-state index contributed by atoms with van der Waals surface area (Å²) in [6, 6.07) is 13.6. The van der Waals surface area contributed by atoms with Gasteiger partial charge in [-0.05, 0) is 29.8 Å². The number of para-hydroxylation sites is 2. The smallest absolute Gasteiger partial charge is 0.269 e. The van der Waals surface area contributed by atoms with Crippen molar-refractivity contribution in [2.75, 3.05) is 0 Å². The lowest BCUT2D eigenvalue weighted by molar-refractivity contribution is -0.384. The molecule has 1 N–H and O–H groups in total. The topological polar surface area (TPSA) is 102 Å². The van der Waals surface area contributed by atoms with Crippen LogP contribution >= 0.6 is 0 Å². The maximum Gasteiger partial charge on any atom is 0.269 e. The highest BCUT2D eigenvalue weighted by Crippen LogP contribution is 2.14. The first kappa shape index (κ1) is 17.3. The van der Waals surface area contributed by atoms with E-state index in [-0.39, 0.29) is 17.5 Å². The maximum absolute atomic E-state index is 12.2. The van der Waals surface area contributed by atoms with Gasteiger partial charge < -0.3 is 4.57 Å². The van der Waals surface area contributed by atoms with Gasteiger partial charge in [-0.2, -0.15) is 5.10 Å². The first-order valence-electron chi connectivity index (χ1n) is 8.02. The first-order chi connectivity index (χ1) is 12.5. The highest BCUT2D eigenvalue weighted by Gasteiger charge is 2.14. The number of rotatable bonds is 6. The average molecular weight is 351 g/mol. The molecule has 0 saturated carbocycles. The van der Waals surface area contributed by atoms with Gasteiger partial charge in [0.05, 0.1) is 34.4 Å². The minimum atomic E-state index is -0.468. The number of hydrazone groups is 1. The van der Waals surface area contributed by atoms with Crippen LogP contribution in [-0.4, -0.2) is 26.6 Å². The van der Waals surface area contributed by atoms with Crippen molar-refractivity contribution in [2.45, 2.75) is 13.5 Å². The summed E-state index contributed by atoms with van der Waals surface area (Å²) in [6.07, 6.45) is 3.16. The molecule has 8 nitrogen and oxygen atoms in total. The molecule has 0 aliphatic heterocycles. The number of carbonyl (C=O) groups excluding carboxylic acids is 1. The largest absolute Gasteiger partial charge is 0.330 e. The molecule has 1 aromatic heterocycles. The van der Waals surface area contributed by atoms with Crippen LogP contribution in [0.25, 0.3) is 11.0 Å². The molecule has 0 unspecified atom stereocenters. The monoisotopic (exact) mass is 351 g/mol. The first-order valence-corrected chi connectivity index (χ1v) is 8.02. The standard InChI is InChI=1S/C18H17N5O3/c1-13(11-22-12-19-16-4-2-3-5-17(16)22)18(24)21-20-10-14-6-8-15(9-7-14)23(25)26/h2-10,12-13H,11H2,1H3,(H,21,24)/b20-10+/t13-/m0/s1. The fraction of sp³-hybridized carbons (Fsp3) is 0.167. The second-order valence-corrected chi connectivity index (χ2v) is 5.87. The van der Waals surface area contributed by atoms with Crippen LogP contribution in [-0.2, 0) is 11.3 Å². The van der Waals surface area contributed by atoms with E-state index in [0.29, 0.717) is 12.1 Å². The fourth-order valence-corrected chi connectivity index (χ4v) is 2.50. The molecule has 0 spiro atoms. The number of amides is 1. The molecule has 0 aliphatic carbocycles. The second-order valence-electron chi connectivity index (χ2n) is 5.87. The Morgan fingerprint density at radius 2 is 2.04 bits per heavy atom. The number of hydrogen-bond donors (Lipinski definition) is 1. The molecule has 0 aliphatic rings. The molecule has 1 amide bonds. The van der Waals surface area contributed by atoms with Gasteiger partial charge in [0.2, 0.25) is 5.91 Å². The van der Waals surface area contributed by atoms with Gasteiger partial charge >= 0.3 is 0 Å². The molecular weight excluding hydrogens is 334 g/mol. The van der Waals surface area contributed by atoms with Gasteiger partial charge in [0.1, 0.15) is 0 Å². The number of hydrogen-bond acceptors (Lipinski definition) is 5. The van der Waals surface area contributed by atoms with Crippen LogP contribution < -0.4 is 5.43 Å². The zero-order chi connectivity index (χ0) is 18.5. The molecule has 0 radical (unpaired) electrons. The van der Waals surface area contributed by atoms with Gasteiger partial charge in [-0.3, -0.25) is 14.9 Å². The number of fused-ring (bicyclic) bond motifs is 1. The van der Waals surface area contributed by atoms with Gasteiger partial charge in [0.25, 0.3) is 5.69 Å². The summed E-state index contributed by atoms with van der Waals surface area (Å²) in [7, 11) is 0. The lowest BCUT2D eigenvalue weighted by atomic mass is 10.1. The zero-order valence-corrected chi connectivity index (χ0v) is 14.1. The highest BCUT2D eigenvalue weighted by atomic mass is 16.6. The maximum atomic E-state index is 12.2. The van der Waals surface area contributed by atoms with Crippen molar-refractivity contribution < 1.29 is 9.72 Å². The number of nitro groups is 1. The number of benzene rings is 2. The van der Waals surface area contributed by atoms with Gasteiger partial charge in [-0.15, -0.1) is 0 Å². The lowest BCUT2D eigenvalue weighted by Gasteiger charge is -2.11. The number of non-ortho nitro benzene ring substituents is 1. The van der Waals surface area contributed by atoms with Crippen LogP contribution in [0.5, 0.6) is 0 Å². The van der Waals surface area contributed by atoms with Crippen LogP contribution in [0.4, 0.5) is 5.69 Å². The van der Waals surface area contributed by atoms with Crippen LogP contribution in [0.2, 0.25) is 0 Å². The molecule has 1 atom stereocenters. The summed E-state index contributed by atoms with van der Waals surface area (Å²) in [5.74, 6) is -0.525. The third-order valence-corrected chi connectivity index (χ3v) is 3.94. The number of aromatic nitrogens is 2. The van der Waals surface area contributed by atoms with Crippen LogP contribution in [0.15, 0.2) is 60.0 Å². The molecule has 8 heteroatoms. The molecule has 0 fully saturated rings. The molecular formula is C18H17N5O3. The third kappa shape index (κ3) is 3.92. The normalized spacial score (nSPS) is 12.3. The number of carbonyl (C=O) groups is 1. The molecule has 0 saturated heterocycles. The molecule has 26 heavy (non-hydrogen) atoms. The van der Waals surface area contributed by atoms with Gasteiger partial charge in [-0.1, -0.05) is 19.1 Å². The predicted octanol–water partition coefficient (Wildman–Crippen LogP) is 2.73. The Hall–Kier alpha value is -3.55. The quantitative estimate of drug-likeness (QED) is 0.419. The predicted molar refractivity (Wildman–Crippen MR) is 97.7 cm³/mol. The van der Waals surface area contributed by atoms with Crippen molar-refractivity contribution in [1.82, 2.24) is 15.0 Å². The minimum absolute atomic E-state index is 0.00682. The van der Waals surface area contributed by atoms with E-state index in [9.17, 15) is 14.9 Å². The van der Waals surface area contributed by atoms with E-state index in [1.807, 2.05) is 35.8 Å². The summed E-state index contributed by atoms with van der Waals surface area (Å²) >= 11 is 0. The average Bonchev–Trinajstić information content (AvgIpc) is 3.05. The van der Waals surface area contributed by atoms with Crippen molar-refractivity contribution >= 4 is 28.8 Å². The molecule has 0 bridgehead atoms. The van der Waals surface area contributed by atoms with Crippen LogP contribution in [0.3, 0.4) is 0 Å². The Bertz CT molecular complexity index is 962. The van der Waals surface area contributed by atoms with Gasteiger partial charge in [0, 0.05) is 18.7 Å². The molecule has 1 heterocycles. The Labute approximate surface area is 149 Å². The highest BCUT2D eigenvalue weighted by molar-refractivity contribution is 5.83. The van der Waals surface area contributed by atoms with E-state index in [1.165, 1.54) is 18.3 Å². The Kier molecular flexibility index (Phi) is 5.02. The molecule has 132 valence electrons. The molecule has 3 rings (SSSR count). The summed E-state index contributed by atoms with van der Waals surface area (Å²) in [5.41, 5.74) is 5.01. The Balaban J connectivity index is 1.58. The minimum Gasteiger partial charge on any atom is -0.330 e. The number of imidazole rings is 1. The van der Waals surface area contributed by atoms with Gasteiger partial charge in [-0.25, -0.2) is 10.4 Å². The van der Waals surface area contributed by atoms with E-state index in [2.05, 4.69) is 15.5 Å². The van der Waals surface area contributed by atoms with E-state index < -0.39 is 4.92 Å². The third-order valence-electron chi connectivity index (χ3n) is 3.94. The van der Waals surface area contributed by atoms with Gasteiger partial charge in [0.15, 0.2) is 0 Å². The van der Waals surface area contributed by atoms with Crippen LogP contribution in [0.1, 0.15) is 12.5 Å². The number of nitrogens with one attached hydrogen (secondary N) is 1. The Morgan fingerprint density at radius 3 is 2.77 bits per heavy atom. The van der Waals surface area contributed by atoms with Crippen molar-refractivity contribution in [3.8, 4) is 0 Å².